The summed E-state index contributed by atoms with van der Waals surface area (Å²) in [6.07, 6.45) is -0.993. The number of hydrogen-bond donors (Lipinski definition) is 1. The fourth-order valence-corrected chi connectivity index (χ4v) is 1.58. The first kappa shape index (κ1) is 13.5. The van der Waals surface area contributed by atoms with E-state index in [-0.39, 0.29) is 6.04 Å². The molecule has 0 saturated heterocycles. The van der Waals surface area contributed by atoms with Gasteiger partial charge in [-0.25, -0.2) is 4.68 Å². The fraction of sp³-hybridized carbons (Fsp3) is 0.333. The number of pyridine rings is 1. The summed E-state index contributed by atoms with van der Waals surface area (Å²) in [5.74, 6) is 0. The van der Waals surface area contributed by atoms with Crippen LogP contribution in [-0.4, -0.2) is 14.8 Å². The van der Waals surface area contributed by atoms with E-state index in [1.165, 1.54) is 12.4 Å². The van der Waals surface area contributed by atoms with Crippen LogP contribution in [0.4, 0.5) is 13.2 Å². The zero-order valence-electron chi connectivity index (χ0n) is 10.2. The molecule has 19 heavy (non-hydrogen) atoms. The van der Waals surface area contributed by atoms with Gasteiger partial charge in [0.25, 0.3) is 0 Å². The van der Waals surface area contributed by atoms with Crippen molar-refractivity contribution in [3.8, 4) is 5.69 Å². The fourth-order valence-electron chi connectivity index (χ4n) is 1.58. The van der Waals surface area contributed by atoms with Crippen molar-refractivity contribution in [2.24, 2.45) is 5.73 Å². The maximum atomic E-state index is 12.4. The Morgan fingerprint density at radius 1 is 1.32 bits per heavy atom. The van der Waals surface area contributed by atoms with Crippen LogP contribution in [-0.2, 0) is 6.18 Å². The third kappa shape index (κ3) is 2.93. The molecule has 0 radical (unpaired) electrons. The van der Waals surface area contributed by atoms with E-state index in [0.717, 1.165) is 17.2 Å². The number of nitrogens with two attached hydrogens (primary N) is 1. The molecule has 2 rings (SSSR count). The smallest absolute Gasteiger partial charge is 0.323 e. The molecule has 2 aromatic heterocycles. The zero-order chi connectivity index (χ0) is 14.0. The minimum atomic E-state index is -4.44. The number of rotatable bonds is 3. The topological polar surface area (TPSA) is 56.7 Å². The SMILES string of the molecule is CC[C@@H](N)c1ccc(-n2ccc(C(F)(F)F)n2)cn1. The Morgan fingerprint density at radius 3 is 2.53 bits per heavy atom. The lowest BCUT2D eigenvalue weighted by Gasteiger charge is -2.08. The Bertz CT molecular complexity index is 545. The molecule has 0 spiro atoms. The van der Waals surface area contributed by atoms with Gasteiger partial charge in [0.2, 0.25) is 0 Å². The summed E-state index contributed by atoms with van der Waals surface area (Å²) < 4.78 is 38.4. The van der Waals surface area contributed by atoms with Gasteiger partial charge in [0.05, 0.1) is 17.6 Å². The van der Waals surface area contributed by atoms with Gasteiger partial charge in [-0.3, -0.25) is 4.98 Å². The van der Waals surface area contributed by atoms with Crippen LogP contribution >= 0.6 is 0 Å². The molecule has 0 aliphatic heterocycles. The van der Waals surface area contributed by atoms with E-state index in [1.807, 2.05) is 6.92 Å². The highest BCUT2D eigenvalue weighted by Gasteiger charge is 2.33. The van der Waals surface area contributed by atoms with Crippen molar-refractivity contribution in [3.63, 3.8) is 0 Å². The molecule has 0 aliphatic carbocycles. The molecule has 0 bridgehead atoms. The number of nitrogens with zero attached hydrogens (tertiary/aromatic N) is 3. The lowest BCUT2D eigenvalue weighted by molar-refractivity contribution is -0.141. The van der Waals surface area contributed by atoms with Gasteiger partial charge in [-0.1, -0.05) is 6.92 Å². The predicted molar refractivity (Wildman–Crippen MR) is 63.6 cm³/mol. The standard InChI is InChI=1S/C12H13F3N4/c1-2-9(16)10-4-3-8(7-17-10)19-6-5-11(18-19)12(13,14)15/h3-7,9H,2,16H2,1H3/t9-/m1/s1. The van der Waals surface area contributed by atoms with Gasteiger partial charge in [-0.05, 0) is 24.6 Å². The minimum absolute atomic E-state index is 0.169. The van der Waals surface area contributed by atoms with Gasteiger partial charge in [-0.2, -0.15) is 18.3 Å². The van der Waals surface area contributed by atoms with Crippen LogP contribution in [0.2, 0.25) is 0 Å². The van der Waals surface area contributed by atoms with Crippen molar-refractivity contribution in [3.05, 3.63) is 42.0 Å². The molecule has 7 heteroatoms. The van der Waals surface area contributed by atoms with Crippen LogP contribution in [0.25, 0.3) is 5.69 Å². The summed E-state index contributed by atoms with van der Waals surface area (Å²) in [6.45, 7) is 1.93. The summed E-state index contributed by atoms with van der Waals surface area (Å²) in [5.41, 5.74) is 6.05. The van der Waals surface area contributed by atoms with Crippen LogP contribution in [0.5, 0.6) is 0 Å². The van der Waals surface area contributed by atoms with Crippen LogP contribution in [0.15, 0.2) is 30.6 Å². The number of hydrogen-bond acceptors (Lipinski definition) is 3. The molecule has 0 saturated carbocycles. The summed E-state index contributed by atoms with van der Waals surface area (Å²) in [7, 11) is 0. The van der Waals surface area contributed by atoms with Gasteiger partial charge < -0.3 is 5.73 Å². The van der Waals surface area contributed by atoms with Crippen LogP contribution in [0.3, 0.4) is 0 Å². The highest BCUT2D eigenvalue weighted by atomic mass is 19.4. The second-order valence-corrected chi connectivity index (χ2v) is 4.10. The summed E-state index contributed by atoms with van der Waals surface area (Å²) in [4.78, 5) is 4.13. The van der Waals surface area contributed by atoms with Gasteiger partial charge in [0.15, 0.2) is 5.69 Å². The molecular formula is C12H13F3N4. The third-order valence-corrected chi connectivity index (χ3v) is 2.73. The lowest BCUT2D eigenvalue weighted by atomic mass is 10.1. The summed E-state index contributed by atoms with van der Waals surface area (Å²) in [6, 6.07) is 4.09. The predicted octanol–water partition coefficient (Wildman–Crippen LogP) is 2.70. The Balaban J connectivity index is 2.25. The van der Waals surface area contributed by atoms with E-state index < -0.39 is 11.9 Å². The molecule has 2 N–H and O–H groups in total. The van der Waals surface area contributed by atoms with E-state index in [1.54, 1.807) is 12.1 Å². The molecule has 0 aromatic carbocycles. The average molecular weight is 270 g/mol. The van der Waals surface area contributed by atoms with E-state index in [9.17, 15) is 13.2 Å². The molecular weight excluding hydrogens is 257 g/mol. The highest BCUT2D eigenvalue weighted by molar-refractivity contribution is 5.30. The van der Waals surface area contributed by atoms with Crippen LogP contribution in [0, 0.1) is 0 Å². The first-order valence-electron chi connectivity index (χ1n) is 5.76. The van der Waals surface area contributed by atoms with Crippen molar-refractivity contribution in [2.75, 3.05) is 0 Å². The first-order valence-corrected chi connectivity index (χ1v) is 5.76. The molecule has 102 valence electrons. The van der Waals surface area contributed by atoms with Crippen LogP contribution < -0.4 is 5.73 Å². The normalized spacial score (nSPS) is 13.5. The van der Waals surface area contributed by atoms with E-state index in [0.29, 0.717) is 11.4 Å². The largest absolute Gasteiger partial charge is 0.435 e. The maximum Gasteiger partial charge on any atom is 0.435 e. The maximum absolute atomic E-state index is 12.4. The van der Waals surface area contributed by atoms with E-state index in [2.05, 4.69) is 10.1 Å². The van der Waals surface area contributed by atoms with Crippen molar-refractivity contribution < 1.29 is 13.2 Å². The lowest BCUT2D eigenvalue weighted by Crippen LogP contribution is -2.11. The van der Waals surface area contributed by atoms with Gasteiger partial charge in [-0.15, -0.1) is 0 Å². The van der Waals surface area contributed by atoms with Crippen molar-refractivity contribution >= 4 is 0 Å². The van der Waals surface area contributed by atoms with E-state index in [4.69, 9.17) is 5.73 Å². The van der Waals surface area contributed by atoms with Crippen molar-refractivity contribution in [2.45, 2.75) is 25.6 Å². The Morgan fingerprint density at radius 2 is 2.05 bits per heavy atom. The minimum Gasteiger partial charge on any atom is -0.323 e. The quantitative estimate of drug-likeness (QED) is 0.932. The molecule has 2 heterocycles. The third-order valence-electron chi connectivity index (χ3n) is 2.73. The van der Waals surface area contributed by atoms with Gasteiger partial charge in [0.1, 0.15) is 0 Å². The summed E-state index contributed by atoms with van der Waals surface area (Å²) in [5, 5.41) is 3.47. The average Bonchev–Trinajstić information content (AvgIpc) is 2.87. The zero-order valence-corrected chi connectivity index (χ0v) is 10.2. The molecule has 0 unspecified atom stereocenters. The second kappa shape index (κ2) is 5.00. The number of halogens is 3. The molecule has 0 amide bonds. The highest BCUT2D eigenvalue weighted by Crippen LogP contribution is 2.27. The van der Waals surface area contributed by atoms with Crippen molar-refractivity contribution in [1.82, 2.24) is 14.8 Å². The number of alkyl halides is 3. The summed E-state index contributed by atoms with van der Waals surface area (Å²) >= 11 is 0. The second-order valence-electron chi connectivity index (χ2n) is 4.10. The molecule has 1 atom stereocenters. The Hall–Kier alpha value is -1.89. The first-order chi connectivity index (χ1) is 8.91. The molecule has 0 aliphatic rings. The van der Waals surface area contributed by atoms with Crippen molar-refractivity contribution in [1.29, 1.82) is 0 Å². The number of aromatic nitrogens is 3. The molecule has 0 fully saturated rings. The van der Waals surface area contributed by atoms with Gasteiger partial charge in [0, 0.05) is 12.2 Å². The Kier molecular flexibility index (Phi) is 3.57. The molecule has 4 nitrogen and oxygen atoms in total. The monoisotopic (exact) mass is 270 g/mol. The van der Waals surface area contributed by atoms with Gasteiger partial charge >= 0.3 is 6.18 Å². The molecule has 2 aromatic rings. The van der Waals surface area contributed by atoms with E-state index >= 15 is 0 Å². The van der Waals surface area contributed by atoms with Crippen LogP contribution in [0.1, 0.15) is 30.8 Å². The Labute approximate surface area is 108 Å².